The SMILES string of the molecule is COC(=O)c1ccc2c(c1)NC(=O)C(=Cc1ccc(Cl)cc1)O2. The van der Waals surface area contributed by atoms with Crippen LogP contribution in [-0.4, -0.2) is 19.0 Å². The molecule has 0 atom stereocenters. The summed E-state index contributed by atoms with van der Waals surface area (Å²) in [7, 11) is 1.30. The maximum atomic E-state index is 12.1. The van der Waals surface area contributed by atoms with Gasteiger partial charge < -0.3 is 14.8 Å². The molecule has 116 valence electrons. The highest BCUT2D eigenvalue weighted by Crippen LogP contribution is 2.32. The second kappa shape index (κ2) is 6.14. The molecule has 0 aromatic heterocycles. The molecule has 0 saturated heterocycles. The lowest BCUT2D eigenvalue weighted by Crippen LogP contribution is -2.23. The summed E-state index contributed by atoms with van der Waals surface area (Å²) in [5, 5.41) is 3.31. The Morgan fingerprint density at radius 3 is 2.65 bits per heavy atom. The van der Waals surface area contributed by atoms with E-state index in [2.05, 4.69) is 10.1 Å². The number of nitrogens with one attached hydrogen (secondary N) is 1. The number of carbonyl (C=O) groups excluding carboxylic acids is 2. The van der Waals surface area contributed by atoms with Crippen molar-refractivity contribution < 1.29 is 19.1 Å². The van der Waals surface area contributed by atoms with E-state index < -0.39 is 11.9 Å². The van der Waals surface area contributed by atoms with E-state index in [0.717, 1.165) is 5.56 Å². The molecule has 0 aliphatic carbocycles. The first-order chi connectivity index (χ1) is 11.1. The van der Waals surface area contributed by atoms with E-state index in [1.165, 1.54) is 13.2 Å². The van der Waals surface area contributed by atoms with E-state index in [1.807, 2.05) is 0 Å². The number of anilines is 1. The van der Waals surface area contributed by atoms with Gasteiger partial charge in [-0.2, -0.15) is 0 Å². The fraction of sp³-hybridized carbons (Fsp3) is 0.0588. The summed E-state index contributed by atoms with van der Waals surface area (Å²) >= 11 is 5.83. The number of hydrogen-bond acceptors (Lipinski definition) is 4. The van der Waals surface area contributed by atoms with Crippen LogP contribution in [0.2, 0.25) is 5.02 Å². The highest BCUT2D eigenvalue weighted by atomic mass is 35.5. The van der Waals surface area contributed by atoms with E-state index in [-0.39, 0.29) is 5.76 Å². The Balaban J connectivity index is 1.90. The number of rotatable bonds is 2. The van der Waals surface area contributed by atoms with Crippen LogP contribution in [0.25, 0.3) is 6.08 Å². The second-order valence-electron chi connectivity index (χ2n) is 4.82. The van der Waals surface area contributed by atoms with Gasteiger partial charge in [0.1, 0.15) is 0 Å². The molecular formula is C17H12ClNO4. The van der Waals surface area contributed by atoms with E-state index in [1.54, 1.807) is 42.5 Å². The fourth-order valence-electron chi connectivity index (χ4n) is 2.12. The lowest BCUT2D eigenvalue weighted by atomic mass is 10.1. The highest BCUT2D eigenvalue weighted by molar-refractivity contribution is 6.30. The Morgan fingerprint density at radius 1 is 1.22 bits per heavy atom. The van der Waals surface area contributed by atoms with Crippen LogP contribution >= 0.6 is 11.6 Å². The molecule has 0 spiro atoms. The van der Waals surface area contributed by atoms with Crippen LogP contribution in [0.5, 0.6) is 5.75 Å². The van der Waals surface area contributed by atoms with Crippen LogP contribution in [0.1, 0.15) is 15.9 Å². The molecule has 1 aliphatic rings. The van der Waals surface area contributed by atoms with Crippen LogP contribution in [0, 0.1) is 0 Å². The number of ether oxygens (including phenoxy) is 2. The Labute approximate surface area is 137 Å². The van der Waals surface area contributed by atoms with Gasteiger partial charge in [-0.3, -0.25) is 4.79 Å². The van der Waals surface area contributed by atoms with Crippen molar-refractivity contribution >= 4 is 35.2 Å². The van der Waals surface area contributed by atoms with Gasteiger partial charge in [0.15, 0.2) is 11.5 Å². The van der Waals surface area contributed by atoms with Gasteiger partial charge in [-0.25, -0.2) is 4.79 Å². The molecule has 0 saturated carbocycles. The number of esters is 1. The third-order valence-corrected chi connectivity index (χ3v) is 3.51. The summed E-state index contributed by atoms with van der Waals surface area (Å²) in [6.45, 7) is 0. The third-order valence-electron chi connectivity index (χ3n) is 3.26. The number of fused-ring (bicyclic) bond motifs is 1. The van der Waals surface area contributed by atoms with Gasteiger partial charge in [0.25, 0.3) is 5.91 Å². The third kappa shape index (κ3) is 3.19. The summed E-state index contributed by atoms with van der Waals surface area (Å²) in [5.74, 6) is -0.262. The molecule has 2 aromatic carbocycles. The molecular weight excluding hydrogens is 318 g/mol. The molecule has 6 heteroatoms. The monoisotopic (exact) mass is 329 g/mol. The van der Waals surface area contributed by atoms with Crippen LogP contribution in [0.15, 0.2) is 48.2 Å². The first-order valence-electron chi connectivity index (χ1n) is 6.75. The maximum absolute atomic E-state index is 12.1. The Morgan fingerprint density at radius 2 is 1.96 bits per heavy atom. The zero-order chi connectivity index (χ0) is 16.4. The van der Waals surface area contributed by atoms with Gasteiger partial charge in [-0.15, -0.1) is 0 Å². The van der Waals surface area contributed by atoms with Gasteiger partial charge in [0.05, 0.1) is 18.4 Å². The minimum absolute atomic E-state index is 0.158. The van der Waals surface area contributed by atoms with Gasteiger partial charge in [-0.05, 0) is 42.0 Å². The number of amides is 1. The molecule has 0 unspecified atom stereocenters. The van der Waals surface area contributed by atoms with Crippen molar-refractivity contribution in [3.63, 3.8) is 0 Å². The van der Waals surface area contributed by atoms with Gasteiger partial charge in [0, 0.05) is 5.02 Å². The van der Waals surface area contributed by atoms with Crippen molar-refractivity contribution in [3.8, 4) is 5.75 Å². The lowest BCUT2D eigenvalue weighted by Gasteiger charge is -2.20. The first-order valence-corrected chi connectivity index (χ1v) is 7.13. The van der Waals surface area contributed by atoms with Crippen LogP contribution in [0.4, 0.5) is 5.69 Å². The first kappa shape index (κ1) is 15.1. The van der Waals surface area contributed by atoms with Gasteiger partial charge in [0.2, 0.25) is 0 Å². The quantitative estimate of drug-likeness (QED) is 0.676. The summed E-state index contributed by atoms with van der Waals surface area (Å²) in [5.41, 5.74) is 1.54. The average Bonchev–Trinajstić information content (AvgIpc) is 2.56. The van der Waals surface area contributed by atoms with Crippen molar-refractivity contribution in [1.82, 2.24) is 0 Å². The molecule has 1 N–H and O–H groups in total. The summed E-state index contributed by atoms with van der Waals surface area (Å²) in [4.78, 5) is 23.6. The summed E-state index contributed by atoms with van der Waals surface area (Å²) in [6, 6.07) is 11.7. The molecule has 5 nitrogen and oxygen atoms in total. The molecule has 1 heterocycles. The normalized spacial score (nSPS) is 14.7. The van der Waals surface area contributed by atoms with Gasteiger partial charge in [-0.1, -0.05) is 23.7 Å². The molecule has 23 heavy (non-hydrogen) atoms. The number of methoxy groups -OCH3 is 1. The van der Waals surface area contributed by atoms with Gasteiger partial charge >= 0.3 is 5.97 Å². The van der Waals surface area contributed by atoms with Crippen molar-refractivity contribution in [2.45, 2.75) is 0 Å². The summed E-state index contributed by atoms with van der Waals surface area (Å²) in [6.07, 6.45) is 1.61. The van der Waals surface area contributed by atoms with E-state index in [9.17, 15) is 9.59 Å². The molecule has 3 rings (SSSR count). The van der Waals surface area contributed by atoms with Crippen molar-refractivity contribution in [3.05, 3.63) is 64.4 Å². The summed E-state index contributed by atoms with van der Waals surface area (Å²) < 4.78 is 10.3. The van der Waals surface area contributed by atoms with Crippen molar-refractivity contribution in [2.75, 3.05) is 12.4 Å². The lowest BCUT2D eigenvalue weighted by molar-refractivity contribution is -0.115. The second-order valence-corrected chi connectivity index (χ2v) is 5.26. The topological polar surface area (TPSA) is 64.6 Å². The predicted octanol–water partition coefficient (Wildman–Crippen LogP) is 3.50. The number of halogens is 1. The minimum atomic E-state index is -0.482. The Kier molecular flexibility index (Phi) is 4.04. The molecule has 0 bridgehead atoms. The van der Waals surface area contributed by atoms with E-state index in [4.69, 9.17) is 16.3 Å². The number of carbonyl (C=O) groups is 2. The largest absolute Gasteiger partial charge is 0.465 e. The molecule has 0 radical (unpaired) electrons. The minimum Gasteiger partial charge on any atom is -0.465 e. The molecule has 1 aliphatic heterocycles. The zero-order valence-electron chi connectivity index (χ0n) is 12.1. The standard InChI is InChI=1S/C17H12ClNO4/c1-22-17(21)11-4-7-14-13(9-11)19-16(20)15(23-14)8-10-2-5-12(18)6-3-10/h2-9H,1H3,(H,19,20). The average molecular weight is 330 g/mol. The smallest absolute Gasteiger partial charge is 0.337 e. The highest BCUT2D eigenvalue weighted by Gasteiger charge is 2.23. The number of hydrogen-bond donors (Lipinski definition) is 1. The maximum Gasteiger partial charge on any atom is 0.337 e. The number of benzene rings is 2. The molecule has 2 aromatic rings. The van der Waals surface area contributed by atoms with Crippen LogP contribution in [-0.2, 0) is 9.53 Å². The van der Waals surface area contributed by atoms with Crippen LogP contribution < -0.4 is 10.1 Å². The molecule has 0 fully saturated rings. The zero-order valence-corrected chi connectivity index (χ0v) is 12.9. The Hall–Kier alpha value is -2.79. The van der Waals surface area contributed by atoms with Crippen molar-refractivity contribution in [2.24, 2.45) is 0 Å². The van der Waals surface area contributed by atoms with Crippen molar-refractivity contribution in [1.29, 1.82) is 0 Å². The Bertz CT molecular complexity index is 812. The molecule has 1 amide bonds. The fourth-order valence-corrected chi connectivity index (χ4v) is 2.24. The van der Waals surface area contributed by atoms with E-state index in [0.29, 0.717) is 22.0 Å². The van der Waals surface area contributed by atoms with Crippen LogP contribution in [0.3, 0.4) is 0 Å². The van der Waals surface area contributed by atoms with E-state index >= 15 is 0 Å². The predicted molar refractivity (Wildman–Crippen MR) is 86.5 cm³/mol.